The van der Waals surface area contributed by atoms with Crippen molar-refractivity contribution in [3.8, 4) is 5.75 Å². The van der Waals surface area contributed by atoms with E-state index in [2.05, 4.69) is 24.0 Å². The number of fused-ring (bicyclic) bond motifs is 7. The molecule has 0 amide bonds. The van der Waals surface area contributed by atoms with Gasteiger partial charge < -0.3 is 14.5 Å². The van der Waals surface area contributed by atoms with Crippen LogP contribution in [0.1, 0.15) is 12.5 Å². The normalized spacial score (nSPS) is 12.2. The fourth-order valence-corrected chi connectivity index (χ4v) is 4.45. The van der Waals surface area contributed by atoms with Gasteiger partial charge in [0.1, 0.15) is 15.6 Å². The van der Waals surface area contributed by atoms with Crippen LogP contribution in [-0.4, -0.2) is 10.1 Å². The predicted octanol–water partition coefficient (Wildman–Crippen LogP) is 7.45. The summed E-state index contributed by atoms with van der Waals surface area (Å²) in [5.41, 5.74) is 4.30. The molecule has 6 heteroatoms. The Morgan fingerprint density at radius 1 is 0.923 bits per heavy atom. The molecule has 3 aromatic carbocycles. The first-order valence-electron chi connectivity index (χ1n) is 8.16. The zero-order chi connectivity index (χ0) is 18.2. The van der Waals surface area contributed by atoms with Gasteiger partial charge in [-0.1, -0.05) is 59.9 Å². The summed E-state index contributed by atoms with van der Waals surface area (Å²) < 4.78 is 6.10. The quantitative estimate of drug-likeness (QED) is 0.285. The number of aryl methyl sites for hydroxylation is 1. The van der Waals surface area contributed by atoms with E-state index in [4.69, 9.17) is 39.2 Å². The maximum Gasteiger partial charge on any atom is 0.159 e. The lowest BCUT2D eigenvalue weighted by Crippen LogP contribution is -1.80. The molecular formula is C20H12Cl3NO2. The van der Waals surface area contributed by atoms with Gasteiger partial charge in [0.25, 0.3) is 0 Å². The number of benzene rings is 3. The van der Waals surface area contributed by atoms with Crippen LogP contribution in [0.5, 0.6) is 5.75 Å². The lowest BCUT2D eigenvalue weighted by Gasteiger charge is -2.03. The van der Waals surface area contributed by atoms with E-state index in [1.54, 1.807) is 0 Å². The van der Waals surface area contributed by atoms with Crippen molar-refractivity contribution in [1.82, 2.24) is 4.98 Å². The lowest BCUT2D eigenvalue weighted by atomic mass is 10.1. The third-order valence-corrected chi connectivity index (χ3v) is 6.14. The highest BCUT2D eigenvalue weighted by Crippen LogP contribution is 2.49. The first kappa shape index (κ1) is 16.1. The predicted molar refractivity (Wildman–Crippen MR) is 109 cm³/mol. The van der Waals surface area contributed by atoms with Crippen LogP contribution in [0.4, 0.5) is 0 Å². The summed E-state index contributed by atoms with van der Waals surface area (Å²) in [6, 6.07) is 10.1. The molecule has 0 radical (unpaired) electrons. The Labute approximate surface area is 163 Å². The number of aromatic hydroxyl groups is 1. The van der Waals surface area contributed by atoms with Gasteiger partial charge >= 0.3 is 0 Å². The van der Waals surface area contributed by atoms with Crippen molar-refractivity contribution in [2.24, 2.45) is 0 Å². The van der Waals surface area contributed by atoms with E-state index in [0.29, 0.717) is 16.6 Å². The van der Waals surface area contributed by atoms with Crippen LogP contribution in [0.15, 0.2) is 34.7 Å². The number of furan rings is 1. The lowest BCUT2D eigenvalue weighted by molar-refractivity contribution is 0.475. The van der Waals surface area contributed by atoms with Crippen LogP contribution >= 0.6 is 34.8 Å². The van der Waals surface area contributed by atoms with Gasteiger partial charge in [-0.2, -0.15) is 0 Å². The molecule has 5 aromatic rings. The van der Waals surface area contributed by atoms with Gasteiger partial charge in [0, 0.05) is 16.3 Å². The summed E-state index contributed by atoms with van der Waals surface area (Å²) in [6.45, 7) is 2.13. The number of hydrogen-bond donors (Lipinski definition) is 2. The van der Waals surface area contributed by atoms with Crippen molar-refractivity contribution in [1.29, 1.82) is 0 Å². The number of para-hydroxylation sites is 1. The van der Waals surface area contributed by atoms with Crippen molar-refractivity contribution in [2.45, 2.75) is 13.3 Å². The SMILES string of the molecule is CCc1cccc2c1[nH]c1ccc3c(oc4c(Cl)c(O)c(Cl)c(Cl)c43)c12. The van der Waals surface area contributed by atoms with Gasteiger partial charge in [0.2, 0.25) is 0 Å². The number of nitrogens with one attached hydrogen (secondary N) is 1. The van der Waals surface area contributed by atoms with E-state index in [1.165, 1.54) is 5.56 Å². The number of H-pyrrole nitrogens is 1. The zero-order valence-electron chi connectivity index (χ0n) is 13.6. The van der Waals surface area contributed by atoms with E-state index in [9.17, 15) is 5.11 Å². The second-order valence-corrected chi connectivity index (χ2v) is 7.41. The monoisotopic (exact) mass is 403 g/mol. The molecule has 0 atom stereocenters. The van der Waals surface area contributed by atoms with E-state index in [-0.39, 0.29) is 20.8 Å². The number of rotatable bonds is 1. The van der Waals surface area contributed by atoms with E-state index < -0.39 is 0 Å². The van der Waals surface area contributed by atoms with Crippen LogP contribution in [0, 0.1) is 0 Å². The fraction of sp³-hybridized carbons (Fsp3) is 0.100. The molecule has 0 spiro atoms. The highest BCUT2D eigenvalue weighted by atomic mass is 35.5. The molecule has 0 aliphatic rings. The van der Waals surface area contributed by atoms with Gasteiger partial charge in [-0.05, 0) is 24.1 Å². The summed E-state index contributed by atoms with van der Waals surface area (Å²) in [5.74, 6) is -0.270. The third kappa shape index (κ3) is 1.91. The van der Waals surface area contributed by atoms with Crippen molar-refractivity contribution in [3.63, 3.8) is 0 Å². The number of phenols is 1. The number of halogens is 3. The molecule has 2 N–H and O–H groups in total. The van der Waals surface area contributed by atoms with E-state index >= 15 is 0 Å². The highest BCUT2D eigenvalue weighted by Gasteiger charge is 2.23. The van der Waals surface area contributed by atoms with Crippen molar-refractivity contribution < 1.29 is 9.52 Å². The van der Waals surface area contributed by atoms with Gasteiger partial charge in [-0.3, -0.25) is 0 Å². The van der Waals surface area contributed by atoms with Gasteiger partial charge in [0.05, 0.1) is 21.3 Å². The maximum absolute atomic E-state index is 10.1. The Morgan fingerprint density at radius 3 is 2.50 bits per heavy atom. The first-order valence-corrected chi connectivity index (χ1v) is 9.30. The second-order valence-electron chi connectivity index (χ2n) is 6.28. The molecule has 5 rings (SSSR count). The molecule has 130 valence electrons. The molecule has 3 nitrogen and oxygen atoms in total. The van der Waals surface area contributed by atoms with Crippen LogP contribution in [0.25, 0.3) is 43.7 Å². The largest absolute Gasteiger partial charge is 0.505 e. The van der Waals surface area contributed by atoms with Crippen molar-refractivity contribution in [3.05, 3.63) is 51.0 Å². The smallest absolute Gasteiger partial charge is 0.159 e. The minimum Gasteiger partial charge on any atom is -0.505 e. The number of aromatic nitrogens is 1. The Balaban J connectivity index is 2.07. The molecule has 0 aliphatic heterocycles. The van der Waals surface area contributed by atoms with Gasteiger partial charge in [-0.15, -0.1) is 0 Å². The fourth-order valence-electron chi connectivity index (χ4n) is 3.71. The molecule has 0 saturated carbocycles. The minimum absolute atomic E-state index is 0.0270. The van der Waals surface area contributed by atoms with Gasteiger partial charge in [0.15, 0.2) is 11.3 Å². The maximum atomic E-state index is 10.1. The molecule has 2 aromatic heterocycles. The summed E-state index contributed by atoms with van der Waals surface area (Å²) in [5, 5.41) is 13.9. The first-order chi connectivity index (χ1) is 12.5. The number of aromatic amines is 1. The summed E-state index contributed by atoms with van der Waals surface area (Å²) in [7, 11) is 0. The molecule has 0 aliphatic carbocycles. The summed E-state index contributed by atoms with van der Waals surface area (Å²) in [6.07, 6.45) is 0.925. The van der Waals surface area contributed by atoms with Crippen LogP contribution in [0.2, 0.25) is 15.1 Å². The standard InChI is InChI=1S/C20H12Cl3NO2/c1-2-8-4-3-5-9-12-11(24-17(8)9)7-6-10-13-14(21)15(22)18(25)16(23)20(13)26-19(10)12/h3-7,24-25H,2H2,1H3. The number of hydrogen-bond acceptors (Lipinski definition) is 2. The van der Waals surface area contributed by atoms with Crippen molar-refractivity contribution in [2.75, 3.05) is 0 Å². The zero-order valence-corrected chi connectivity index (χ0v) is 15.9. The van der Waals surface area contributed by atoms with Crippen LogP contribution < -0.4 is 0 Å². The average Bonchev–Trinajstić information content (AvgIpc) is 3.22. The Kier molecular flexibility index (Phi) is 3.39. The molecule has 26 heavy (non-hydrogen) atoms. The Bertz CT molecular complexity index is 1360. The summed E-state index contributed by atoms with van der Waals surface area (Å²) in [4.78, 5) is 3.48. The van der Waals surface area contributed by atoms with Crippen LogP contribution in [-0.2, 0) is 6.42 Å². The number of phenolic OH excluding ortho intramolecular Hbond substituents is 1. The minimum atomic E-state index is -0.270. The van der Waals surface area contributed by atoms with E-state index in [0.717, 1.165) is 33.6 Å². The average molecular weight is 405 g/mol. The summed E-state index contributed by atoms with van der Waals surface area (Å²) >= 11 is 18.8. The molecule has 0 unspecified atom stereocenters. The third-order valence-electron chi connectivity index (χ3n) is 4.95. The topological polar surface area (TPSA) is 49.2 Å². The molecule has 0 fully saturated rings. The Morgan fingerprint density at radius 2 is 1.73 bits per heavy atom. The molecule has 2 heterocycles. The van der Waals surface area contributed by atoms with Gasteiger partial charge in [-0.25, -0.2) is 0 Å². The molecule has 0 bridgehead atoms. The van der Waals surface area contributed by atoms with Crippen molar-refractivity contribution >= 4 is 78.5 Å². The highest BCUT2D eigenvalue weighted by molar-refractivity contribution is 6.51. The molecular weight excluding hydrogens is 393 g/mol. The molecule has 0 saturated heterocycles. The van der Waals surface area contributed by atoms with E-state index in [1.807, 2.05) is 18.2 Å². The second kappa shape index (κ2) is 5.46. The Hall–Kier alpha value is -2.07. The van der Waals surface area contributed by atoms with Crippen LogP contribution in [0.3, 0.4) is 0 Å².